The number of halogens is 2. The van der Waals surface area contributed by atoms with Crippen molar-refractivity contribution in [3.05, 3.63) is 34.9 Å². The summed E-state index contributed by atoms with van der Waals surface area (Å²) in [6.07, 6.45) is 4.24. The maximum atomic E-state index is 5.86. The normalized spacial score (nSPS) is 10.7. The van der Waals surface area contributed by atoms with E-state index in [1.807, 2.05) is 24.3 Å². The largest absolute Gasteiger partial charge is 0.369 e. The average Bonchev–Trinajstić information content (AvgIpc) is 2.34. The number of unbranched alkanes of at least 4 members (excludes halogenated alkanes) is 2. The Morgan fingerprint density at radius 2 is 1.74 bits per heavy atom. The van der Waals surface area contributed by atoms with Crippen molar-refractivity contribution in [2.24, 2.45) is 21.7 Å². The molecule has 6 heteroatoms. The van der Waals surface area contributed by atoms with Crippen LogP contribution in [0.3, 0.4) is 0 Å². The summed E-state index contributed by atoms with van der Waals surface area (Å²) in [5.74, 6) is -0.0306. The molecule has 4 nitrogen and oxygen atoms in total. The van der Waals surface area contributed by atoms with Crippen LogP contribution in [0.4, 0.5) is 0 Å². The zero-order valence-electron chi connectivity index (χ0n) is 11.0. The summed E-state index contributed by atoms with van der Waals surface area (Å²) in [5.41, 5.74) is 12.5. The van der Waals surface area contributed by atoms with Gasteiger partial charge in [-0.2, -0.15) is 5.10 Å². The fourth-order valence-corrected chi connectivity index (χ4v) is 1.68. The second-order valence-corrected chi connectivity index (χ2v) is 4.47. The van der Waals surface area contributed by atoms with E-state index >= 15 is 0 Å². The van der Waals surface area contributed by atoms with Crippen LogP contribution >= 0.6 is 24.0 Å². The third-order valence-electron chi connectivity index (χ3n) is 2.48. The van der Waals surface area contributed by atoms with Crippen molar-refractivity contribution in [3.63, 3.8) is 0 Å². The Morgan fingerprint density at radius 3 is 2.26 bits per heavy atom. The Kier molecular flexibility index (Phi) is 9.00. The van der Waals surface area contributed by atoms with Gasteiger partial charge in [0.1, 0.15) is 0 Å². The minimum Gasteiger partial charge on any atom is -0.369 e. The molecule has 19 heavy (non-hydrogen) atoms. The van der Waals surface area contributed by atoms with E-state index in [0.717, 1.165) is 37.0 Å². The Labute approximate surface area is 125 Å². The van der Waals surface area contributed by atoms with E-state index in [-0.39, 0.29) is 18.4 Å². The van der Waals surface area contributed by atoms with Gasteiger partial charge >= 0.3 is 0 Å². The lowest BCUT2D eigenvalue weighted by atomic mass is 10.0. The van der Waals surface area contributed by atoms with Crippen molar-refractivity contribution < 1.29 is 0 Å². The fraction of sp³-hybridized carbons (Fsp3) is 0.385. The van der Waals surface area contributed by atoms with Gasteiger partial charge in [0.15, 0.2) is 0 Å². The first-order valence-corrected chi connectivity index (χ1v) is 6.42. The van der Waals surface area contributed by atoms with Gasteiger partial charge in [-0.25, -0.2) is 0 Å². The van der Waals surface area contributed by atoms with Gasteiger partial charge < -0.3 is 11.5 Å². The zero-order chi connectivity index (χ0) is 13.4. The molecule has 0 saturated carbocycles. The van der Waals surface area contributed by atoms with E-state index in [1.165, 1.54) is 0 Å². The molecule has 1 aromatic carbocycles. The van der Waals surface area contributed by atoms with Crippen LogP contribution in [0.1, 0.15) is 38.2 Å². The monoisotopic (exact) mass is 302 g/mol. The molecule has 0 radical (unpaired) electrons. The smallest absolute Gasteiger partial charge is 0.211 e. The molecule has 0 aliphatic heterocycles. The fourth-order valence-electron chi connectivity index (χ4n) is 1.55. The molecule has 0 atom stereocenters. The number of hydrogen-bond donors (Lipinski definition) is 2. The van der Waals surface area contributed by atoms with Crippen LogP contribution in [0.5, 0.6) is 0 Å². The van der Waals surface area contributed by atoms with Crippen LogP contribution in [0.2, 0.25) is 5.02 Å². The van der Waals surface area contributed by atoms with Crippen molar-refractivity contribution in [3.8, 4) is 0 Å². The highest BCUT2D eigenvalue weighted by Crippen LogP contribution is 2.14. The van der Waals surface area contributed by atoms with Crippen LogP contribution in [-0.2, 0) is 0 Å². The van der Waals surface area contributed by atoms with Crippen molar-refractivity contribution in [1.82, 2.24) is 0 Å². The maximum absolute atomic E-state index is 5.86. The lowest BCUT2D eigenvalue weighted by molar-refractivity contribution is 0.741. The highest BCUT2D eigenvalue weighted by molar-refractivity contribution is 6.30. The standard InChI is InChI=1S/C13H19ClN4.ClH/c1-2-3-4-5-12(17-18-13(15)16)10-6-8-11(14)9-7-10;/h6-9H,2-5H2,1H3,(H4,15,16,18);1H. The van der Waals surface area contributed by atoms with E-state index in [1.54, 1.807) is 0 Å². The third kappa shape index (κ3) is 7.03. The van der Waals surface area contributed by atoms with E-state index in [9.17, 15) is 0 Å². The summed E-state index contributed by atoms with van der Waals surface area (Å²) in [6.45, 7) is 2.16. The SMILES string of the molecule is CCCCCC(=NN=C(N)N)c1ccc(Cl)cc1.Cl. The first-order valence-electron chi connectivity index (χ1n) is 6.05. The lowest BCUT2D eigenvalue weighted by Gasteiger charge is -2.05. The summed E-state index contributed by atoms with van der Waals surface area (Å²) in [7, 11) is 0. The summed E-state index contributed by atoms with van der Waals surface area (Å²) in [5, 5.41) is 8.54. The molecule has 0 unspecified atom stereocenters. The zero-order valence-corrected chi connectivity index (χ0v) is 12.5. The van der Waals surface area contributed by atoms with Crippen LogP contribution < -0.4 is 11.5 Å². The molecule has 0 amide bonds. The van der Waals surface area contributed by atoms with Gasteiger partial charge in [0.25, 0.3) is 0 Å². The Morgan fingerprint density at radius 1 is 1.11 bits per heavy atom. The third-order valence-corrected chi connectivity index (χ3v) is 2.73. The predicted molar refractivity (Wildman–Crippen MR) is 85.2 cm³/mol. The van der Waals surface area contributed by atoms with E-state index < -0.39 is 0 Å². The van der Waals surface area contributed by atoms with Gasteiger partial charge in [-0.15, -0.1) is 17.5 Å². The van der Waals surface area contributed by atoms with Gasteiger partial charge in [-0.1, -0.05) is 43.5 Å². The number of rotatable bonds is 6. The molecule has 0 heterocycles. The first-order chi connectivity index (χ1) is 8.63. The molecule has 0 aromatic heterocycles. The van der Waals surface area contributed by atoms with Gasteiger partial charge in [-0.05, 0) is 30.5 Å². The topological polar surface area (TPSA) is 76.8 Å². The van der Waals surface area contributed by atoms with Crippen molar-refractivity contribution in [2.75, 3.05) is 0 Å². The number of benzene rings is 1. The van der Waals surface area contributed by atoms with Gasteiger partial charge in [-0.3, -0.25) is 0 Å². The minimum absolute atomic E-state index is 0. The summed E-state index contributed by atoms with van der Waals surface area (Å²) >= 11 is 5.86. The maximum Gasteiger partial charge on any atom is 0.211 e. The molecular weight excluding hydrogens is 283 g/mol. The van der Waals surface area contributed by atoms with Crippen molar-refractivity contribution in [2.45, 2.75) is 32.6 Å². The highest BCUT2D eigenvalue weighted by Gasteiger charge is 2.03. The first kappa shape index (κ1) is 17.7. The van der Waals surface area contributed by atoms with Gasteiger partial charge in [0.2, 0.25) is 5.96 Å². The number of guanidine groups is 1. The summed E-state index contributed by atoms with van der Waals surface area (Å²) in [4.78, 5) is 0. The summed E-state index contributed by atoms with van der Waals surface area (Å²) in [6, 6.07) is 7.52. The minimum atomic E-state index is -0.0306. The molecule has 106 valence electrons. The lowest BCUT2D eigenvalue weighted by Crippen LogP contribution is -2.22. The average molecular weight is 303 g/mol. The van der Waals surface area contributed by atoms with Gasteiger partial charge in [0, 0.05) is 5.02 Å². The van der Waals surface area contributed by atoms with Gasteiger partial charge in [0.05, 0.1) is 5.71 Å². The molecule has 0 bridgehead atoms. The second-order valence-electron chi connectivity index (χ2n) is 4.04. The van der Waals surface area contributed by atoms with E-state index in [0.29, 0.717) is 5.02 Å². The second kappa shape index (κ2) is 9.64. The molecule has 0 spiro atoms. The molecule has 0 aliphatic carbocycles. The molecule has 0 saturated heterocycles. The van der Waals surface area contributed by atoms with Crippen LogP contribution in [0, 0.1) is 0 Å². The predicted octanol–water partition coefficient (Wildman–Crippen LogP) is 3.32. The molecule has 1 rings (SSSR count). The number of nitrogens with zero attached hydrogens (tertiary/aromatic N) is 2. The molecular formula is C13H20Cl2N4. The molecule has 1 aromatic rings. The highest BCUT2D eigenvalue weighted by atomic mass is 35.5. The number of hydrogen-bond acceptors (Lipinski definition) is 2. The Hall–Kier alpha value is -1.26. The summed E-state index contributed by atoms with van der Waals surface area (Å²) < 4.78 is 0. The van der Waals surface area contributed by atoms with Crippen LogP contribution in [0.15, 0.2) is 34.5 Å². The van der Waals surface area contributed by atoms with Crippen molar-refractivity contribution in [1.29, 1.82) is 0 Å². The quantitative estimate of drug-likeness (QED) is 0.366. The Bertz CT molecular complexity index is 423. The molecule has 0 fully saturated rings. The van der Waals surface area contributed by atoms with E-state index in [4.69, 9.17) is 23.1 Å². The molecule has 4 N–H and O–H groups in total. The Balaban J connectivity index is 0.00000324. The van der Waals surface area contributed by atoms with Crippen molar-refractivity contribution >= 4 is 35.7 Å². The van der Waals surface area contributed by atoms with Crippen LogP contribution in [-0.4, -0.2) is 11.7 Å². The van der Waals surface area contributed by atoms with E-state index in [2.05, 4.69) is 17.1 Å². The number of nitrogens with two attached hydrogens (primary N) is 2. The molecule has 0 aliphatic rings. The van der Waals surface area contributed by atoms with Crippen LogP contribution in [0.25, 0.3) is 0 Å².